The Bertz CT molecular complexity index is 1090. The van der Waals surface area contributed by atoms with Crippen molar-refractivity contribution >= 4 is 19.7 Å². The molecule has 0 spiro atoms. The van der Waals surface area contributed by atoms with Crippen molar-refractivity contribution in [2.45, 2.75) is 282 Å². The molecule has 61 heavy (non-hydrogen) atoms. The van der Waals surface area contributed by atoms with Gasteiger partial charge >= 0.3 is 13.8 Å². The summed E-state index contributed by atoms with van der Waals surface area (Å²) in [5.41, 5.74) is 0. The number of unbranched alkanes of at least 4 members (excludes halogenated alkanes) is 27. The average molecular weight is 892 g/mol. The molecule has 7 atom stereocenters. The number of hydrogen-bond donors (Lipinski definition) is 6. The van der Waals surface area contributed by atoms with Gasteiger partial charge in [-0.05, 0) is 25.2 Å². The summed E-state index contributed by atoms with van der Waals surface area (Å²) < 4.78 is 28.5. The van der Waals surface area contributed by atoms with Crippen molar-refractivity contribution in [3.8, 4) is 0 Å². The van der Waals surface area contributed by atoms with E-state index in [1.807, 2.05) is 0 Å². The molecule has 0 saturated carbocycles. The predicted molar refractivity (Wildman–Crippen MR) is 245 cm³/mol. The van der Waals surface area contributed by atoms with E-state index in [9.17, 15) is 39.3 Å². The molecule has 6 N–H and O–H groups in total. The van der Waals surface area contributed by atoms with Gasteiger partial charge in [0.05, 0.1) is 19.1 Å². The summed E-state index contributed by atoms with van der Waals surface area (Å²) in [6.07, 6.45) is 30.2. The number of aliphatic hydroxyl groups excluding tert-OH is 3. The highest BCUT2D eigenvalue weighted by atomic mass is 31.2. The third-order valence-corrected chi connectivity index (χ3v) is 12.9. The van der Waals surface area contributed by atoms with Crippen LogP contribution in [0.3, 0.4) is 0 Å². The van der Waals surface area contributed by atoms with E-state index in [4.69, 9.17) is 14.0 Å². The van der Waals surface area contributed by atoms with Gasteiger partial charge in [0.1, 0.15) is 18.2 Å². The number of ether oxygens (including phenoxy) is 2. The van der Waals surface area contributed by atoms with Crippen molar-refractivity contribution in [1.29, 1.82) is 0 Å². The lowest BCUT2D eigenvalue weighted by Crippen LogP contribution is -2.65. The van der Waals surface area contributed by atoms with Gasteiger partial charge in [-0.1, -0.05) is 213 Å². The second-order valence-electron chi connectivity index (χ2n) is 18.2. The Kier molecular flexibility index (Phi) is 36.3. The third-order valence-electron chi connectivity index (χ3n) is 12.4. The smallest absolute Gasteiger partial charge is 0.457 e. The molecule has 1 rings (SSSR count). The van der Waals surface area contributed by atoms with Crippen LogP contribution in [0.4, 0.5) is 0 Å². The predicted octanol–water partition coefficient (Wildman–Crippen LogP) is 11.3. The highest BCUT2D eigenvalue weighted by Crippen LogP contribution is 2.42. The molecule has 1 fully saturated rings. The highest BCUT2D eigenvalue weighted by Gasteiger charge is 2.51. The van der Waals surface area contributed by atoms with E-state index in [2.05, 4.69) is 26.1 Å². The van der Waals surface area contributed by atoms with E-state index < -0.39 is 63.1 Å². The number of carbonyl (C=O) groups is 2. The summed E-state index contributed by atoms with van der Waals surface area (Å²) in [7, 11) is -5.21. The molecule has 0 radical (unpaired) electrons. The van der Waals surface area contributed by atoms with Gasteiger partial charge in [-0.2, -0.15) is 0 Å². The number of esters is 1. The fraction of sp³-hybridized carbons (Fsp3) is 0.958. The highest BCUT2D eigenvalue weighted by molar-refractivity contribution is 7.46. The molecule has 1 aliphatic rings. The van der Waals surface area contributed by atoms with Crippen molar-refractivity contribution in [3.63, 3.8) is 0 Å². The number of phosphoric acid groups is 1. The standard InChI is InChI=1S/C48H94NO11P/c1-4-7-10-13-16-19-20-21-24-26-29-32-35-40(34-31-28-25-22-17-14-11-8-5-2)37-44(53)59-47-45(48(54)58-42(39-50)46(47)60-61(55,56)57)49-43(52)38-41(51)36-33-30-27-23-18-15-12-9-6-3/h40-42,45-48,50-51,54H,4-39H2,1-3H3,(H,49,52)(H2,55,56,57)/t40?,41?,42-,45-,46-,47-,48?/m1/s1. The fourth-order valence-electron chi connectivity index (χ4n) is 8.70. The Morgan fingerprint density at radius 2 is 0.967 bits per heavy atom. The van der Waals surface area contributed by atoms with Crippen LogP contribution in [0.15, 0.2) is 0 Å². The minimum Gasteiger partial charge on any atom is -0.457 e. The lowest BCUT2D eigenvalue weighted by molar-refractivity contribution is -0.256. The van der Waals surface area contributed by atoms with E-state index in [-0.39, 0.29) is 18.8 Å². The molecule has 0 aliphatic carbocycles. The average Bonchev–Trinajstić information content (AvgIpc) is 3.21. The molecule has 362 valence electrons. The van der Waals surface area contributed by atoms with Gasteiger partial charge in [-0.3, -0.25) is 14.1 Å². The maximum Gasteiger partial charge on any atom is 0.470 e. The summed E-state index contributed by atoms with van der Waals surface area (Å²) in [5.74, 6) is -1.26. The van der Waals surface area contributed by atoms with Crippen LogP contribution >= 0.6 is 7.82 Å². The molecule has 0 bridgehead atoms. The van der Waals surface area contributed by atoms with E-state index in [0.29, 0.717) is 6.42 Å². The van der Waals surface area contributed by atoms with Crippen LogP contribution < -0.4 is 5.32 Å². The minimum absolute atomic E-state index is 0.0315. The summed E-state index contributed by atoms with van der Waals surface area (Å²) in [4.78, 5) is 46.6. The Morgan fingerprint density at radius 1 is 0.590 bits per heavy atom. The van der Waals surface area contributed by atoms with E-state index in [0.717, 1.165) is 77.0 Å². The van der Waals surface area contributed by atoms with Gasteiger partial charge in [-0.15, -0.1) is 0 Å². The normalized spacial score (nSPS) is 20.4. The van der Waals surface area contributed by atoms with Gasteiger partial charge in [0.25, 0.3) is 0 Å². The first-order chi connectivity index (χ1) is 29.4. The number of phosphoric ester groups is 1. The van der Waals surface area contributed by atoms with Crippen molar-refractivity contribution in [2.24, 2.45) is 5.92 Å². The molecule has 3 unspecified atom stereocenters. The number of nitrogens with one attached hydrogen (secondary N) is 1. The van der Waals surface area contributed by atoms with Crippen LogP contribution in [0.2, 0.25) is 0 Å². The summed E-state index contributed by atoms with van der Waals surface area (Å²) in [6.45, 7) is 5.87. The molecule has 13 heteroatoms. The largest absolute Gasteiger partial charge is 0.470 e. The second kappa shape index (κ2) is 38.2. The van der Waals surface area contributed by atoms with Crippen molar-refractivity contribution in [2.75, 3.05) is 6.61 Å². The number of amides is 1. The molecule has 0 aromatic rings. The second-order valence-corrected chi connectivity index (χ2v) is 19.4. The van der Waals surface area contributed by atoms with E-state index >= 15 is 0 Å². The van der Waals surface area contributed by atoms with Crippen LogP contribution in [-0.2, 0) is 28.2 Å². The monoisotopic (exact) mass is 892 g/mol. The molecule has 0 aromatic carbocycles. The van der Waals surface area contributed by atoms with Crippen molar-refractivity contribution < 1.29 is 53.3 Å². The topological polar surface area (TPSA) is 192 Å². The van der Waals surface area contributed by atoms with Crippen LogP contribution in [0.25, 0.3) is 0 Å². The zero-order valence-electron chi connectivity index (χ0n) is 39.1. The summed E-state index contributed by atoms with van der Waals surface area (Å²) in [5, 5.41) is 34.3. The first-order valence-corrected chi connectivity index (χ1v) is 26.8. The van der Waals surface area contributed by atoms with Crippen LogP contribution in [0, 0.1) is 5.92 Å². The zero-order valence-corrected chi connectivity index (χ0v) is 40.0. The first kappa shape index (κ1) is 57.9. The quantitative estimate of drug-likeness (QED) is 0.0194. The third kappa shape index (κ3) is 31.4. The van der Waals surface area contributed by atoms with Gasteiger partial charge in [-0.25, -0.2) is 4.57 Å². The van der Waals surface area contributed by atoms with Gasteiger partial charge in [0.2, 0.25) is 5.91 Å². The minimum atomic E-state index is -5.21. The van der Waals surface area contributed by atoms with Crippen molar-refractivity contribution in [3.05, 3.63) is 0 Å². The number of carbonyl (C=O) groups excluding carboxylic acids is 2. The molecule has 1 aliphatic heterocycles. The fourth-order valence-corrected chi connectivity index (χ4v) is 9.27. The zero-order chi connectivity index (χ0) is 45.0. The number of hydrogen-bond acceptors (Lipinski definition) is 9. The number of rotatable bonds is 42. The van der Waals surface area contributed by atoms with Crippen LogP contribution in [0.1, 0.15) is 245 Å². The maximum absolute atomic E-state index is 13.8. The van der Waals surface area contributed by atoms with Gasteiger partial charge in [0, 0.05) is 6.42 Å². The first-order valence-electron chi connectivity index (χ1n) is 25.3. The summed E-state index contributed by atoms with van der Waals surface area (Å²) in [6, 6.07) is -1.47. The maximum atomic E-state index is 13.8. The molecule has 1 heterocycles. The molecule has 12 nitrogen and oxygen atoms in total. The Morgan fingerprint density at radius 3 is 1.34 bits per heavy atom. The lowest BCUT2D eigenvalue weighted by atomic mass is 9.91. The number of aliphatic hydroxyl groups is 3. The molecular weight excluding hydrogens is 797 g/mol. The van der Waals surface area contributed by atoms with Crippen molar-refractivity contribution in [1.82, 2.24) is 5.32 Å². The lowest BCUT2D eigenvalue weighted by Gasteiger charge is -2.43. The van der Waals surface area contributed by atoms with Gasteiger partial charge in [0.15, 0.2) is 12.4 Å². The Balaban J connectivity index is 2.89. The molecule has 1 amide bonds. The van der Waals surface area contributed by atoms with E-state index in [1.165, 1.54) is 128 Å². The van der Waals surface area contributed by atoms with Crippen LogP contribution in [-0.4, -0.2) is 80.3 Å². The molecular formula is C48H94NO11P. The molecule has 1 saturated heterocycles. The summed E-state index contributed by atoms with van der Waals surface area (Å²) >= 11 is 0. The Labute approximate surface area is 372 Å². The van der Waals surface area contributed by atoms with Crippen LogP contribution in [0.5, 0.6) is 0 Å². The van der Waals surface area contributed by atoms with E-state index in [1.54, 1.807) is 0 Å². The molecule has 0 aromatic heterocycles. The Hall–Kier alpha value is -1.11. The SMILES string of the molecule is CCCCCCCCCCCCCCC(CCCCCCCCCCC)CC(=O)O[C@H]1[C@H](OP(=O)(O)O)[C@@H](CO)OC(O)[C@@H]1NC(=O)CC(O)CCCCCCCCCCC. The van der Waals surface area contributed by atoms with Gasteiger partial charge < -0.3 is 39.9 Å².